The summed E-state index contributed by atoms with van der Waals surface area (Å²) in [5.74, 6) is 1.44. The summed E-state index contributed by atoms with van der Waals surface area (Å²) < 4.78 is 5.73. The molecule has 1 aromatic heterocycles. The van der Waals surface area contributed by atoms with Crippen LogP contribution in [0.4, 0.5) is 0 Å². The standard InChI is InChI=1S/C17H20N4O2/c1-11-18-16(20-19-11)15-10-21(7-8-23-15)17(22)14-6-5-12-3-2-4-13(12)9-14/h5-6,9,15H,2-4,7-8,10H2,1H3,(H,18,19,20)/t15-/m0/s1. The SMILES string of the molecule is Cc1nc([C@@H]2CN(C(=O)c3ccc4c(c3)CCC4)CCO2)n[nH]1. The number of morpholine rings is 1. The minimum absolute atomic E-state index is 0.0697. The topological polar surface area (TPSA) is 71.1 Å². The van der Waals surface area contributed by atoms with Crippen LogP contribution in [-0.2, 0) is 17.6 Å². The lowest BCUT2D eigenvalue weighted by Crippen LogP contribution is -2.42. The molecule has 6 nitrogen and oxygen atoms in total. The Labute approximate surface area is 134 Å². The van der Waals surface area contributed by atoms with Crippen molar-refractivity contribution < 1.29 is 9.53 Å². The molecule has 1 aromatic carbocycles. The molecule has 2 aromatic rings. The Bertz CT molecular complexity index is 740. The second kappa shape index (κ2) is 5.77. The number of aromatic amines is 1. The predicted octanol–water partition coefficient (Wildman–Crippen LogP) is 1.82. The van der Waals surface area contributed by atoms with Crippen LogP contribution in [0.25, 0.3) is 0 Å². The lowest BCUT2D eigenvalue weighted by atomic mass is 10.1. The number of fused-ring (bicyclic) bond motifs is 1. The Morgan fingerprint density at radius 1 is 1.35 bits per heavy atom. The van der Waals surface area contributed by atoms with Gasteiger partial charge in [0.2, 0.25) is 0 Å². The van der Waals surface area contributed by atoms with Crippen LogP contribution in [0.15, 0.2) is 18.2 Å². The molecule has 1 N–H and O–H groups in total. The zero-order valence-corrected chi connectivity index (χ0v) is 13.2. The number of rotatable bonds is 2. The van der Waals surface area contributed by atoms with E-state index in [0.717, 1.165) is 24.2 Å². The molecule has 1 aliphatic heterocycles. The summed E-state index contributed by atoms with van der Waals surface area (Å²) in [5.41, 5.74) is 3.49. The van der Waals surface area contributed by atoms with Gasteiger partial charge in [-0.15, -0.1) is 0 Å². The Morgan fingerprint density at radius 3 is 3.04 bits per heavy atom. The minimum Gasteiger partial charge on any atom is -0.366 e. The molecule has 1 aliphatic carbocycles. The van der Waals surface area contributed by atoms with Gasteiger partial charge in [0.1, 0.15) is 11.9 Å². The lowest BCUT2D eigenvalue weighted by molar-refractivity contribution is -0.0266. The summed E-state index contributed by atoms with van der Waals surface area (Å²) in [6.07, 6.45) is 3.15. The summed E-state index contributed by atoms with van der Waals surface area (Å²) in [6.45, 7) is 3.46. The zero-order valence-electron chi connectivity index (χ0n) is 13.2. The molecule has 1 atom stereocenters. The molecule has 2 aliphatic rings. The molecule has 1 saturated heterocycles. The Kier molecular flexibility index (Phi) is 3.61. The second-order valence-corrected chi connectivity index (χ2v) is 6.23. The second-order valence-electron chi connectivity index (χ2n) is 6.23. The number of aryl methyl sites for hydroxylation is 3. The van der Waals surface area contributed by atoms with Crippen LogP contribution in [0.2, 0.25) is 0 Å². The molecule has 4 rings (SSSR count). The first-order chi connectivity index (χ1) is 11.2. The maximum absolute atomic E-state index is 12.8. The summed E-state index contributed by atoms with van der Waals surface area (Å²) in [6, 6.07) is 6.12. The molecule has 1 fully saturated rings. The molecule has 2 heterocycles. The van der Waals surface area contributed by atoms with Crippen molar-refractivity contribution in [3.63, 3.8) is 0 Å². The van der Waals surface area contributed by atoms with Crippen LogP contribution >= 0.6 is 0 Å². The highest BCUT2D eigenvalue weighted by Gasteiger charge is 2.29. The zero-order chi connectivity index (χ0) is 15.8. The molecular weight excluding hydrogens is 292 g/mol. The first kappa shape index (κ1) is 14.4. The van der Waals surface area contributed by atoms with Crippen molar-refractivity contribution in [1.29, 1.82) is 0 Å². The van der Waals surface area contributed by atoms with Crippen LogP contribution in [0, 0.1) is 6.92 Å². The highest BCUT2D eigenvalue weighted by atomic mass is 16.5. The quantitative estimate of drug-likeness (QED) is 0.918. The van der Waals surface area contributed by atoms with Crippen LogP contribution in [0.3, 0.4) is 0 Å². The maximum atomic E-state index is 12.8. The van der Waals surface area contributed by atoms with Crippen molar-refractivity contribution >= 4 is 5.91 Å². The third-order valence-corrected chi connectivity index (χ3v) is 4.60. The van der Waals surface area contributed by atoms with E-state index in [0.29, 0.717) is 25.5 Å². The normalized spacial score (nSPS) is 20.6. The van der Waals surface area contributed by atoms with Crippen LogP contribution in [0.1, 0.15) is 45.7 Å². The number of ether oxygens (including phenoxy) is 1. The number of nitrogens with one attached hydrogen (secondary N) is 1. The first-order valence-corrected chi connectivity index (χ1v) is 8.12. The molecule has 0 saturated carbocycles. The highest BCUT2D eigenvalue weighted by Crippen LogP contribution is 2.25. The van der Waals surface area contributed by atoms with Gasteiger partial charge in [-0.05, 0) is 49.4 Å². The van der Waals surface area contributed by atoms with Gasteiger partial charge in [0.15, 0.2) is 5.82 Å². The van der Waals surface area contributed by atoms with Crippen LogP contribution in [-0.4, -0.2) is 45.7 Å². The Hall–Kier alpha value is -2.21. The van der Waals surface area contributed by atoms with Gasteiger partial charge in [0.05, 0.1) is 13.2 Å². The van der Waals surface area contributed by atoms with E-state index >= 15 is 0 Å². The van der Waals surface area contributed by atoms with E-state index in [1.165, 1.54) is 17.5 Å². The van der Waals surface area contributed by atoms with Crippen molar-refractivity contribution in [2.45, 2.75) is 32.3 Å². The van der Waals surface area contributed by atoms with Gasteiger partial charge in [-0.1, -0.05) is 6.07 Å². The molecule has 0 unspecified atom stereocenters. The van der Waals surface area contributed by atoms with Crippen molar-refractivity contribution in [1.82, 2.24) is 20.1 Å². The number of nitrogens with zero attached hydrogens (tertiary/aromatic N) is 3. The van der Waals surface area contributed by atoms with Gasteiger partial charge in [0.25, 0.3) is 5.91 Å². The number of aromatic nitrogens is 3. The first-order valence-electron chi connectivity index (χ1n) is 8.12. The van der Waals surface area contributed by atoms with Crippen molar-refractivity contribution in [2.24, 2.45) is 0 Å². The number of carbonyl (C=O) groups is 1. The third-order valence-electron chi connectivity index (χ3n) is 4.60. The fraction of sp³-hybridized carbons (Fsp3) is 0.471. The van der Waals surface area contributed by atoms with E-state index < -0.39 is 0 Å². The molecule has 6 heteroatoms. The molecule has 0 radical (unpaired) electrons. The van der Waals surface area contributed by atoms with Gasteiger partial charge in [-0.25, -0.2) is 4.98 Å². The van der Waals surface area contributed by atoms with Gasteiger partial charge < -0.3 is 9.64 Å². The van der Waals surface area contributed by atoms with E-state index in [1.54, 1.807) is 0 Å². The fourth-order valence-electron chi connectivity index (χ4n) is 3.38. The molecule has 0 spiro atoms. The minimum atomic E-state index is -0.257. The summed E-state index contributed by atoms with van der Waals surface area (Å²) in [4.78, 5) is 19.0. The van der Waals surface area contributed by atoms with Crippen molar-refractivity contribution in [3.05, 3.63) is 46.5 Å². The number of hydrogen-bond acceptors (Lipinski definition) is 4. The van der Waals surface area contributed by atoms with E-state index in [2.05, 4.69) is 27.3 Å². The van der Waals surface area contributed by atoms with Crippen molar-refractivity contribution in [2.75, 3.05) is 19.7 Å². The number of carbonyl (C=O) groups excluding carboxylic acids is 1. The fourth-order valence-corrected chi connectivity index (χ4v) is 3.38. The molecular formula is C17H20N4O2. The molecule has 23 heavy (non-hydrogen) atoms. The predicted molar refractivity (Wildman–Crippen MR) is 84.2 cm³/mol. The molecule has 120 valence electrons. The largest absolute Gasteiger partial charge is 0.366 e. The average molecular weight is 312 g/mol. The molecule has 1 amide bonds. The summed E-state index contributed by atoms with van der Waals surface area (Å²) >= 11 is 0. The van der Waals surface area contributed by atoms with Crippen LogP contribution < -0.4 is 0 Å². The van der Waals surface area contributed by atoms with E-state index in [9.17, 15) is 4.79 Å². The van der Waals surface area contributed by atoms with Gasteiger partial charge >= 0.3 is 0 Å². The van der Waals surface area contributed by atoms with E-state index in [-0.39, 0.29) is 12.0 Å². The van der Waals surface area contributed by atoms with E-state index in [1.807, 2.05) is 17.9 Å². The smallest absolute Gasteiger partial charge is 0.254 e. The Morgan fingerprint density at radius 2 is 2.22 bits per heavy atom. The number of amides is 1. The van der Waals surface area contributed by atoms with Gasteiger partial charge in [-0.3, -0.25) is 9.89 Å². The van der Waals surface area contributed by atoms with Crippen molar-refractivity contribution in [3.8, 4) is 0 Å². The highest BCUT2D eigenvalue weighted by molar-refractivity contribution is 5.94. The van der Waals surface area contributed by atoms with Gasteiger partial charge in [0, 0.05) is 12.1 Å². The number of hydrogen-bond donors (Lipinski definition) is 1. The molecule has 0 bridgehead atoms. The maximum Gasteiger partial charge on any atom is 0.254 e. The number of H-pyrrole nitrogens is 1. The average Bonchev–Trinajstić information content (AvgIpc) is 3.22. The third kappa shape index (κ3) is 2.74. The number of benzene rings is 1. The van der Waals surface area contributed by atoms with E-state index in [4.69, 9.17) is 4.74 Å². The Balaban J connectivity index is 1.51. The monoisotopic (exact) mass is 312 g/mol. The van der Waals surface area contributed by atoms with Crippen LogP contribution in [0.5, 0.6) is 0 Å². The summed E-state index contributed by atoms with van der Waals surface area (Å²) in [5, 5.41) is 6.98. The summed E-state index contributed by atoms with van der Waals surface area (Å²) in [7, 11) is 0. The lowest BCUT2D eigenvalue weighted by Gasteiger charge is -2.31. The van der Waals surface area contributed by atoms with Gasteiger partial charge in [-0.2, -0.15) is 5.10 Å².